The van der Waals surface area contributed by atoms with Crippen molar-refractivity contribution in [1.82, 2.24) is 24.5 Å². The summed E-state index contributed by atoms with van der Waals surface area (Å²) in [5.41, 5.74) is 1.02. The zero-order chi connectivity index (χ0) is 14.7. The highest BCUT2D eigenvalue weighted by Crippen LogP contribution is 2.25. The van der Waals surface area contributed by atoms with Crippen LogP contribution in [-0.2, 0) is 5.75 Å². The van der Waals surface area contributed by atoms with E-state index in [1.165, 1.54) is 11.8 Å². The molecule has 0 unspecified atom stereocenters. The van der Waals surface area contributed by atoms with Gasteiger partial charge in [-0.3, -0.25) is 4.57 Å². The van der Waals surface area contributed by atoms with Gasteiger partial charge in [-0.15, -0.1) is 0 Å². The van der Waals surface area contributed by atoms with Gasteiger partial charge >= 0.3 is 0 Å². The number of hydrogen-bond donors (Lipinski definition) is 0. The largest absolute Gasteiger partial charge is 0.274 e. The molecule has 21 heavy (non-hydrogen) atoms. The molecular formula is C13H9Cl2N5S. The Hall–Kier alpha value is -1.63. The molecule has 3 rings (SSSR count). The molecule has 0 saturated carbocycles. The summed E-state index contributed by atoms with van der Waals surface area (Å²) in [6, 6.07) is 7.66. The quantitative estimate of drug-likeness (QED) is 0.680. The second-order valence-corrected chi connectivity index (χ2v) is 5.72. The monoisotopic (exact) mass is 337 g/mol. The van der Waals surface area contributed by atoms with Gasteiger partial charge in [0.1, 0.15) is 6.33 Å². The van der Waals surface area contributed by atoms with Gasteiger partial charge in [-0.05, 0) is 23.2 Å². The van der Waals surface area contributed by atoms with E-state index in [-0.39, 0.29) is 5.28 Å². The Morgan fingerprint density at radius 2 is 1.95 bits per heavy atom. The fourth-order valence-electron chi connectivity index (χ4n) is 1.64. The maximum absolute atomic E-state index is 6.13. The zero-order valence-electron chi connectivity index (χ0n) is 10.6. The Bertz CT molecular complexity index is 748. The van der Waals surface area contributed by atoms with Gasteiger partial charge in [-0.25, -0.2) is 4.98 Å². The first-order valence-electron chi connectivity index (χ1n) is 5.98. The van der Waals surface area contributed by atoms with Crippen LogP contribution in [0.5, 0.6) is 0 Å². The van der Waals surface area contributed by atoms with Crippen molar-refractivity contribution < 1.29 is 0 Å². The molecule has 0 aliphatic rings. The van der Waals surface area contributed by atoms with Gasteiger partial charge in [0.25, 0.3) is 0 Å². The molecule has 1 aromatic carbocycles. The van der Waals surface area contributed by atoms with Crippen molar-refractivity contribution in [3.05, 3.63) is 58.9 Å². The Balaban J connectivity index is 1.81. The van der Waals surface area contributed by atoms with Crippen molar-refractivity contribution in [2.75, 3.05) is 0 Å². The van der Waals surface area contributed by atoms with Crippen molar-refractivity contribution in [3.8, 4) is 5.95 Å². The summed E-state index contributed by atoms with van der Waals surface area (Å²) >= 11 is 13.5. The maximum atomic E-state index is 6.13. The Morgan fingerprint density at radius 3 is 2.71 bits per heavy atom. The number of halogens is 2. The highest BCUT2D eigenvalue weighted by Gasteiger charge is 2.08. The van der Waals surface area contributed by atoms with Crippen LogP contribution in [0.15, 0.2) is 48.1 Å². The predicted molar refractivity (Wildman–Crippen MR) is 83.0 cm³/mol. The molecule has 5 nitrogen and oxygen atoms in total. The lowest BCUT2D eigenvalue weighted by Crippen LogP contribution is -2.02. The second kappa shape index (κ2) is 6.43. The summed E-state index contributed by atoms with van der Waals surface area (Å²) in [6.45, 7) is 0. The van der Waals surface area contributed by atoms with Gasteiger partial charge in [0.2, 0.25) is 11.2 Å². The van der Waals surface area contributed by atoms with E-state index in [2.05, 4.69) is 19.9 Å². The average Bonchev–Trinajstić information content (AvgIpc) is 3.00. The van der Waals surface area contributed by atoms with Gasteiger partial charge < -0.3 is 0 Å². The number of aromatic nitrogens is 5. The number of nitrogens with zero attached hydrogens (tertiary/aromatic N) is 5. The molecule has 0 bridgehead atoms. The molecule has 0 spiro atoms. The fraction of sp³-hybridized carbons (Fsp3) is 0.0769. The van der Waals surface area contributed by atoms with Crippen LogP contribution in [0.4, 0.5) is 0 Å². The molecule has 2 heterocycles. The molecule has 0 saturated heterocycles. The lowest BCUT2D eigenvalue weighted by molar-refractivity contribution is 0.823. The van der Waals surface area contributed by atoms with E-state index in [4.69, 9.17) is 23.2 Å². The molecule has 0 aliphatic heterocycles. The first kappa shape index (κ1) is 14.3. The summed E-state index contributed by atoms with van der Waals surface area (Å²) in [5.74, 6) is 1.10. The molecule has 0 atom stereocenters. The van der Waals surface area contributed by atoms with Gasteiger partial charge in [-0.1, -0.05) is 41.6 Å². The van der Waals surface area contributed by atoms with E-state index in [1.807, 2.05) is 24.3 Å². The summed E-state index contributed by atoms with van der Waals surface area (Å²) in [7, 11) is 0. The summed E-state index contributed by atoms with van der Waals surface area (Å²) < 4.78 is 1.67. The van der Waals surface area contributed by atoms with E-state index >= 15 is 0 Å². The van der Waals surface area contributed by atoms with Crippen LogP contribution in [0.3, 0.4) is 0 Å². The van der Waals surface area contributed by atoms with Crippen LogP contribution in [0, 0.1) is 0 Å². The molecule has 0 aliphatic carbocycles. The lowest BCUT2D eigenvalue weighted by atomic mass is 10.2. The van der Waals surface area contributed by atoms with Crippen molar-refractivity contribution in [2.45, 2.75) is 10.9 Å². The lowest BCUT2D eigenvalue weighted by Gasteiger charge is -2.05. The standard InChI is InChI=1S/C13H9Cl2N5S/c14-10-4-2-1-3-9(10)7-21-13-18-11(15)17-12(19-13)20-6-5-16-8-20/h1-6,8H,7H2. The minimum absolute atomic E-state index is 0.148. The van der Waals surface area contributed by atoms with Crippen LogP contribution in [0.25, 0.3) is 5.95 Å². The maximum Gasteiger partial charge on any atom is 0.240 e. The molecular weight excluding hydrogens is 329 g/mol. The van der Waals surface area contributed by atoms with Crippen LogP contribution < -0.4 is 0 Å². The Kier molecular flexibility index (Phi) is 4.38. The van der Waals surface area contributed by atoms with Gasteiger partial charge in [0.05, 0.1) is 0 Å². The summed E-state index contributed by atoms with van der Waals surface area (Å²) in [5, 5.41) is 1.41. The summed E-state index contributed by atoms with van der Waals surface area (Å²) in [6.07, 6.45) is 5.00. The molecule has 0 amide bonds. The Labute approximate surface area is 135 Å². The SMILES string of the molecule is Clc1nc(SCc2ccccc2Cl)nc(-n2ccnc2)n1. The van der Waals surface area contributed by atoms with Gasteiger partial charge in [0.15, 0.2) is 5.16 Å². The molecule has 3 aromatic rings. The number of benzene rings is 1. The predicted octanol–water partition coefficient (Wildman–Crippen LogP) is 3.66. The van der Waals surface area contributed by atoms with Crippen LogP contribution in [0.2, 0.25) is 10.3 Å². The highest BCUT2D eigenvalue weighted by atomic mass is 35.5. The zero-order valence-corrected chi connectivity index (χ0v) is 13.0. The number of thioether (sulfide) groups is 1. The molecule has 0 N–H and O–H groups in total. The number of hydrogen-bond acceptors (Lipinski definition) is 5. The minimum Gasteiger partial charge on any atom is -0.274 e. The molecule has 0 fully saturated rings. The number of imidazole rings is 1. The molecule has 106 valence electrons. The topological polar surface area (TPSA) is 56.5 Å². The smallest absolute Gasteiger partial charge is 0.240 e. The van der Waals surface area contributed by atoms with Crippen LogP contribution in [-0.4, -0.2) is 24.5 Å². The third-order valence-corrected chi connectivity index (χ3v) is 4.06. The van der Waals surface area contributed by atoms with Crippen molar-refractivity contribution in [1.29, 1.82) is 0 Å². The van der Waals surface area contributed by atoms with Crippen molar-refractivity contribution in [3.63, 3.8) is 0 Å². The van der Waals surface area contributed by atoms with E-state index < -0.39 is 0 Å². The first-order valence-corrected chi connectivity index (χ1v) is 7.72. The average molecular weight is 338 g/mol. The minimum atomic E-state index is 0.148. The van der Waals surface area contributed by atoms with E-state index in [0.29, 0.717) is 16.9 Å². The molecule has 0 radical (unpaired) electrons. The first-order chi connectivity index (χ1) is 10.2. The Morgan fingerprint density at radius 1 is 1.10 bits per heavy atom. The summed E-state index contributed by atoms with van der Waals surface area (Å²) in [4.78, 5) is 16.5. The van der Waals surface area contributed by atoms with Crippen molar-refractivity contribution >= 4 is 35.0 Å². The van der Waals surface area contributed by atoms with Crippen molar-refractivity contribution in [2.24, 2.45) is 0 Å². The van der Waals surface area contributed by atoms with E-state index in [9.17, 15) is 0 Å². The van der Waals surface area contributed by atoms with Gasteiger partial charge in [0, 0.05) is 23.2 Å². The fourth-order valence-corrected chi connectivity index (χ4v) is 2.96. The van der Waals surface area contributed by atoms with E-state index in [0.717, 1.165) is 10.6 Å². The highest BCUT2D eigenvalue weighted by molar-refractivity contribution is 7.98. The molecule has 8 heteroatoms. The third kappa shape index (κ3) is 3.53. The van der Waals surface area contributed by atoms with Crippen LogP contribution >= 0.6 is 35.0 Å². The second-order valence-electron chi connectivity index (χ2n) is 4.04. The number of rotatable bonds is 4. The normalized spacial score (nSPS) is 10.8. The van der Waals surface area contributed by atoms with Crippen LogP contribution in [0.1, 0.15) is 5.56 Å². The van der Waals surface area contributed by atoms with Gasteiger partial charge in [-0.2, -0.15) is 15.0 Å². The third-order valence-electron chi connectivity index (χ3n) is 2.63. The van der Waals surface area contributed by atoms with E-state index in [1.54, 1.807) is 23.3 Å². The molecule has 2 aromatic heterocycles.